The predicted octanol–water partition coefficient (Wildman–Crippen LogP) is 1.72. The average Bonchev–Trinajstić information content (AvgIpc) is 2.53. The van der Waals surface area contributed by atoms with E-state index >= 15 is 0 Å². The fraction of sp³-hybridized carbons (Fsp3) is 0.467. The molecule has 1 heterocycles. The van der Waals surface area contributed by atoms with Crippen molar-refractivity contribution in [1.82, 2.24) is 10.2 Å². The van der Waals surface area contributed by atoms with Crippen LogP contribution in [0.4, 0.5) is 4.79 Å². The maximum Gasteiger partial charge on any atom is 0.317 e. The largest absolute Gasteiger partial charge is 0.409 e. The summed E-state index contributed by atoms with van der Waals surface area (Å²) in [5.41, 5.74) is 7.12. The standard InChI is InChI=1S/C15H22N4O2/c1-11-6-8-19(9-7-11)15(20)17-10-12-2-4-13(5-3-12)14(16)18-21/h2-5,11,21H,6-10H2,1H3,(H2,16,18)(H,17,20). The van der Waals surface area contributed by atoms with Gasteiger partial charge in [-0.1, -0.05) is 36.3 Å². The fourth-order valence-electron chi connectivity index (χ4n) is 2.35. The second-order valence-electron chi connectivity index (χ2n) is 5.51. The number of amides is 2. The molecule has 1 aliphatic rings. The summed E-state index contributed by atoms with van der Waals surface area (Å²) in [6.45, 7) is 4.35. The maximum atomic E-state index is 12.0. The van der Waals surface area contributed by atoms with Crippen molar-refractivity contribution in [3.63, 3.8) is 0 Å². The third kappa shape index (κ3) is 4.11. The number of hydrogen-bond acceptors (Lipinski definition) is 3. The van der Waals surface area contributed by atoms with E-state index in [2.05, 4.69) is 17.4 Å². The quantitative estimate of drug-likeness (QED) is 0.342. The minimum Gasteiger partial charge on any atom is -0.409 e. The van der Waals surface area contributed by atoms with Crippen molar-refractivity contribution in [3.05, 3.63) is 35.4 Å². The van der Waals surface area contributed by atoms with Gasteiger partial charge in [-0.15, -0.1) is 0 Å². The lowest BCUT2D eigenvalue weighted by Gasteiger charge is -2.30. The molecule has 2 rings (SSSR count). The Morgan fingerprint density at radius 2 is 2.00 bits per heavy atom. The molecule has 1 aromatic carbocycles. The van der Waals surface area contributed by atoms with E-state index in [0.717, 1.165) is 31.5 Å². The van der Waals surface area contributed by atoms with Gasteiger partial charge in [0.2, 0.25) is 0 Å². The van der Waals surface area contributed by atoms with Gasteiger partial charge in [0, 0.05) is 25.2 Å². The van der Waals surface area contributed by atoms with Crippen LogP contribution >= 0.6 is 0 Å². The number of oxime groups is 1. The first-order valence-electron chi connectivity index (χ1n) is 7.19. The van der Waals surface area contributed by atoms with Gasteiger partial charge in [0.05, 0.1) is 0 Å². The Kier molecular flexibility index (Phi) is 5.03. The minimum absolute atomic E-state index is 0.0117. The number of amidine groups is 1. The molecule has 1 saturated heterocycles. The lowest BCUT2D eigenvalue weighted by molar-refractivity contribution is 0.173. The van der Waals surface area contributed by atoms with E-state index in [9.17, 15) is 4.79 Å². The second kappa shape index (κ2) is 6.97. The van der Waals surface area contributed by atoms with Crippen LogP contribution in [0.2, 0.25) is 0 Å². The molecule has 0 radical (unpaired) electrons. The summed E-state index contributed by atoms with van der Waals surface area (Å²) in [7, 11) is 0. The molecule has 0 saturated carbocycles. The van der Waals surface area contributed by atoms with Crippen molar-refractivity contribution >= 4 is 11.9 Å². The molecular formula is C15H22N4O2. The zero-order chi connectivity index (χ0) is 15.2. The Hall–Kier alpha value is -2.24. The first-order chi connectivity index (χ1) is 10.1. The summed E-state index contributed by atoms with van der Waals surface area (Å²) >= 11 is 0. The van der Waals surface area contributed by atoms with Gasteiger partial charge in [-0.2, -0.15) is 0 Å². The van der Waals surface area contributed by atoms with Gasteiger partial charge in [-0.25, -0.2) is 4.79 Å². The molecule has 6 heteroatoms. The molecule has 0 spiro atoms. The molecule has 0 aromatic heterocycles. The Balaban J connectivity index is 1.84. The smallest absolute Gasteiger partial charge is 0.317 e. The van der Waals surface area contributed by atoms with Gasteiger partial charge in [0.15, 0.2) is 5.84 Å². The van der Waals surface area contributed by atoms with E-state index in [1.54, 1.807) is 12.1 Å². The number of benzene rings is 1. The number of carbonyl (C=O) groups excluding carboxylic acids is 1. The molecule has 0 unspecified atom stereocenters. The number of carbonyl (C=O) groups is 1. The Morgan fingerprint density at radius 3 is 2.57 bits per heavy atom. The lowest BCUT2D eigenvalue weighted by Crippen LogP contribution is -2.43. The van der Waals surface area contributed by atoms with Gasteiger partial charge < -0.3 is 21.2 Å². The first kappa shape index (κ1) is 15.2. The molecule has 21 heavy (non-hydrogen) atoms. The third-order valence-electron chi connectivity index (χ3n) is 3.87. The van der Waals surface area contributed by atoms with Gasteiger partial charge in [-0.3, -0.25) is 0 Å². The number of rotatable bonds is 3. The van der Waals surface area contributed by atoms with Crippen LogP contribution in [0.15, 0.2) is 29.4 Å². The van der Waals surface area contributed by atoms with E-state index in [1.807, 2.05) is 17.0 Å². The van der Waals surface area contributed by atoms with Gasteiger partial charge in [0.1, 0.15) is 0 Å². The Labute approximate surface area is 124 Å². The molecule has 4 N–H and O–H groups in total. The normalized spacial score (nSPS) is 16.8. The molecule has 0 atom stereocenters. The van der Waals surface area contributed by atoms with E-state index in [1.165, 1.54) is 0 Å². The van der Waals surface area contributed by atoms with Crippen LogP contribution in [0.25, 0.3) is 0 Å². The molecule has 1 aliphatic heterocycles. The molecule has 0 aliphatic carbocycles. The van der Waals surface area contributed by atoms with Gasteiger partial charge >= 0.3 is 6.03 Å². The highest BCUT2D eigenvalue weighted by Gasteiger charge is 2.19. The third-order valence-corrected chi connectivity index (χ3v) is 3.87. The van der Waals surface area contributed by atoms with Crippen LogP contribution in [0.5, 0.6) is 0 Å². The molecule has 1 fully saturated rings. The predicted molar refractivity (Wildman–Crippen MR) is 81.2 cm³/mol. The zero-order valence-corrected chi connectivity index (χ0v) is 12.2. The number of nitrogens with one attached hydrogen (secondary N) is 1. The number of likely N-dealkylation sites (tertiary alicyclic amines) is 1. The van der Waals surface area contributed by atoms with E-state index in [-0.39, 0.29) is 11.9 Å². The first-order valence-corrected chi connectivity index (χ1v) is 7.19. The lowest BCUT2D eigenvalue weighted by atomic mass is 10.00. The van der Waals surface area contributed by atoms with Crippen molar-refractivity contribution in [2.45, 2.75) is 26.3 Å². The van der Waals surface area contributed by atoms with E-state index < -0.39 is 0 Å². The van der Waals surface area contributed by atoms with Gasteiger partial charge in [-0.05, 0) is 24.3 Å². The number of piperidine rings is 1. The van der Waals surface area contributed by atoms with E-state index in [0.29, 0.717) is 18.0 Å². The molecule has 2 amide bonds. The van der Waals surface area contributed by atoms with Crippen molar-refractivity contribution in [1.29, 1.82) is 0 Å². The number of nitrogens with two attached hydrogens (primary N) is 1. The highest BCUT2D eigenvalue weighted by atomic mass is 16.4. The highest BCUT2D eigenvalue weighted by molar-refractivity contribution is 5.96. The summed E-state index contributed by atoms with van der Waals surface area (Å²) in [5, 5.41) is 14.5. The van der Waals surface area contributed by atoms with Crippen LogP contribution in [0.1, 0.15) is 30.9 Å². The molecule has 114 valence electrons. The second-order valence-corrected chi connectivity index (χ2v) is 5.51. The van der Waals surface area contributed by atoms with Crippen LogP contribution in [0, 0.1) is 5.92 Å². The number of hydrogen-bond donors (Lipinski definition) is 3. The highest BCUT2D eigenvalue weighted by Crippen LogP contribution is 2.15. The number of urea groups is 1. The molecule has 1 aromatic rings. The summed E-state index contributed by atoms with van der Waals surface area (Å²) in [6.07, 6.45) is 2.14. The SMILES string of the molecule is CC1CCN(C(=O)NCc2ccc(C(N)=NO)cc2)CC1. The molecule has 6 nitrogen and oxygen atoms in total. The van der Waals surface area contributed by atoms with E-state index in [4.69, 9.17) is 10.9 Å². The van der Waals surface area contributed by atoms with Crippen molar-refractivity contribution < 1.29 is 10.0 Å². The van der Waals surface area contributed by atoms with Crippen molar-refractivity contribution in [3.8, 4) is 0 Å². The number of nitrogens with zero attached hydrogens (tertiary/aromatic N) is 2. The topological polar surface area (TPSA) is 91.0 Å². The summed E-state index contributed by atoms with van der Waals surface area (Å²) in [4.78, 5) is 13.9. The van der Waals surface area contributed by atoms with Crippen LogP contribution in [0.3, 0.4) is 0 Å². The summed E-state index contributed by atoms with van der Waals surface area (Å²) in [6, 6.07) is 7.22. The minimum atomic E-state index is -0.0117. The molecular weight excluding hydrogens is 268 g/mol. The van der Waals surface area contributed by atoms with Crippen molar-refractivity contribution in [2.75, 3.05) is 13.1 Å². The summed E-state index contributed by atoms with van der Waals surface area (Å²) < 4.78 is 0. The summed E-state index contributed by atoms with van der Waals surface area (Å²) in [5.74, 6) is 0.785. The van der Waals surface area contributed by atoms with Crippen LogP contribution in [-0.2, 0) is 6.54 Å². The maximum absolute atomic E-state index is 12.0. The van der Waals surface area contributed by atoms with Crippen molar-refractivity contribution in [2.24, 2.45) is 16.8 Å². The van der Waals surface area contributed by atoms with Gasteiger partial charge in [0.25, 0.3) is 0 Å². The average molecular weight is 290 g/mol. The van der Waals surface area contributed by atoms with Crippen LogP contribution in [-0.4, -0.2) is 35.1 Å². The fourth-order valence-corrected chi connectivity index (χ4v) is 2.35. The Morgan fingerprint density at radius 1 is 1.38 bits per heavy atom. The Bertz CT molecular complexity index is 505. The monoisotopic (exact) mass is 290 g/mol. The molecule has 0 bridgehead atoms. The zero-order valence-electron chi connectivity index (χ0n) is 12.2. The van der Waals surface area contributed by atoms with Crippen LogP contribution < -0.4 is 11.1 Å².